The number of Topliss-reactive ketones (excluding diaryl/α,β-unsaturated/α-hetero) is 1. The summed E-state index contributed by atoms with van der Waals surface area (Å²) in [5.41, 5.74) is 1.23. The van der Waals surface area contributed by atoms with Crippen molar-refractivity contribution < 1.29 is 23.4 Å². The fourth-order valence-corrected chi connectivity index (χ4v) is 4.56. The van der Waals surface area contributed by atoms with Crippen LogP contribution in [0.25, 0.3) is 12.2 Å². The number of carbonyl (C=O) groups excluding carboxylic acids is 1. The van der Waals surface area contributed by atoms with Gasteiger partial charge in [0, 0.05) is 11.1 Å². The SMILES string of the molecule is O=C1/C(=C\c2ccc(O)c(Cl)c2)CS(=O)(=O)C/C1=C/c1ccc(O)c(Cl)c1. The molecule has 0 unspecified atom stereocenters. The van der Waals surface area contributed by atoms with Gasteiger partial charge in [0.05, 0.1) is 21.6 Å². The number of sulfone groups is 1. The van der Waals surface area contributed by atoms with E-state index in [2.05, 4.69) is 0 Å². The summed E-state index contributed by atoms with van der Waals surface area (Å²) in [4.78, 5) is 12.8. The van der Waals surface area contributed by atoms with E-state index in [0.717, 1.165) is 0 Å². The maximum atomic E-state index is 12.8. The molecular formula is C19H14Cl2O5S. The fourth-order valence-electron chi connectivity index (χ4n) is 2.70. The van der Waals surface area contributed by atoms with Crippen LogP contribution in [0.3, 0.4) is 0 Å². The van der Waals surface area contributed by atoms with E-state index in [4.69, 9.17) is 23.2 Å². The summed E-state index contributed by atoms with van der Waals surface area (Å²) in [6.45, 7) is 0. The van der Waals surface area contributed by atoms with Gasteiger partial charge in [0.25, 0.3) is 0 Å². The van der Waals surface area contributed by atoms with Gasteiger partial charge in [-0.1, -0.05) is 35.3 Å². The highest BCUT2D eigenvalue weighted by Gasteiger charge is 2.30. The normalized spacial score (nSPS) is 19.6. The highest BCUT2D eigenvalue weighted by Crippen LogP contribution is 2.29. The van der Waals surface area contributed by atoms with E-state index in [1.165, 1.54) is 48.6 Å². The van der Waals surface area contributed by atoms with Crippen LogP contribution in [0.2, 0.25) is 10.0 Å². The van der Waals surface area contributed by atoms with Crippen molar-refractivity contribution in [1.82, 2.24) is 0 Å². The highest BCUT2D eigenvalue weighted by atomic mass is 35.5. The number of phenolic OH excluding ortho intramolecular Hbond substituents is 2. The number of hydrogen-bond donors (Lipinski definition) is 2. The molecule has 0 radical (unpaired) electrons. The first kappa shape index (κ1) is 19.5. The summed E-state index contributed by atoms with van der Waals surface area (Å²) in [6, 6.07) is 8.69. The number of halogens is 2. The maximum absolute atomic E-state index is 12.8. The number of hydrogen-bond acceptors (Lipinski definition) is 5. The lowest BCUT2D eigenvalue weighted by molar-refractivity contribution is -0.112. The van der Waals surface area contributed by atoms with Crippen molar-refractivity contribution in [3.05, 3.63) is 68.7 Å². The molecule has 2 aromatic rings. The number of phenols is 2. The summed E-state index contributed by atoms with van der Waals surface area (Å²) < 4.78 is 24.5. The van der Waals surface area contributed by atoms with Crippen LogP contribution in [0.4, 0.5) is 0 Å². The molecule has 5 nitrogen and oxygen atoms in total. The van der Waals surface area contributed by atoms with Gasteiger partial charge >= 0.3 is 0 Å². The molecule has 0 bridgehead atoms. The molecule has 2 aromatic carbocycles. The molecule has 0 amide bonds. The van der Waals surface area contributed by atoms with E-state index >= 15 is 0 Å². The van der Waals surface area contributed by atoms with E-state index in [-0.39, 0.29) is 44.2 Å². The lowest BCUT2D eigenvalue weighted by Gasteiger charge is -2.17. The lowest BCUT2D eigenvalue weighted by atomic mass is 10.0. The first-order chi connectivity index (χ1) is 12.6. The van der Waals surface area contributed by atoms with Gasteiger partial charge in [-0.25, -0.2) is 8.42 Å². The second-order valence-electron chi connectivity index (χ2n) is 6.12. The van der Waals surface area contributed by atoms with Gasteiger partial charge in [0.2, 0.25) is 0 Å². The Morgan fingerprint density at radius 1 is 0.815 bits per heavy atom. The van der Waals surface area contributed by atoms with E-state index in [0.29, 0.717) is 11.1 Å². The van der Waals surface area contributed by atoms with Crippen molar-refractivity contribution in [3.63, 3.8) is 0 Å². The number of benzene rings is 2. The quantitative estimate of drug-likeness (QED) is 0.713. The zero-order valence-corrected chi connectivity index (χ0v) is 16.1. The molecule has 3 rings (SSSR count). The third-order valence-electron chi connectivity index (χ3n) is 3.96. The Morgan fingerprint density at radius 3 is 1.59 bits per heavy atom. The minimum Gasteiger partial charge on any atom is -0.506 e. The minimum absolute atomic E-state index is 0.102. The molecule has 8 heteroatoms. The zero-order valence-electron chi connectivity index (χ0n) is 13.8. The maximum Gasteiger partial charge on any atom is 0.187 e. The van der Waals surface area contributed by atoms with Gasteiger partial charge in [-0.15, -0.1) is 0 Å². The van der Waals surface area contributed by atoms with Crippen molar-refractivity contribution >= 4 is 51.0 Å². The molecule has 1 fully saturated rings. The predicted molar refractivity (Wildman–Crippen MR) is 106 cm³/mol. The monoisotopic (exact) mass is 424 g/mol. The van der Waals surface area contributed by atoms with Crippen LogP contribution < -0.4 is 0 Å². The summed E-state index contributed by atoms with van der Waals surface area (Å²) in [5, 5.41) is 19.2. The van der Waals surface area contributed by atoms with E-state index in [9.17, 15) is 23.4 Å². The molecular weight excluding hydrogens is 411 g/mol. The molecule has 1 saturated heterocycles. The lowest BCUT2D eigenvalue weighted by Crippen LogP contribution is -2.28. The van der Waals surface area contributed by atoms with Gasteiger partial charge < -0.3 is 10.2 Å². The van der Waals surface area contributed by atoms with Crippen LogP contribution in [0, 0.1) is 0 Å². The standard InChI is InChI=1S/C19H14Cl2O5S/c20-15-7-11(1-3-17(15)22)5-13-9-27(25,26)10-14(19(13)24)6-12-2-4-18(23)16(21)8-12/h1-8,22-23H,9-10H2/b13-5-,14-6-. The van der Waals surface area contributed by atoms with Crippen LogP contribution in [0.15, 0.2) is 47.5 Å². The first-order valence-corrected chi connectivity index (χ1v) is 10.4. The van der Waals surface area contributed by atoms with E-state index in [1.807, 2.05) is 0 Å². The van der Waals surface area contributed by atoms with Gasteiger partial charge in [-0.05, 0) is 47.5 Å². The summed E-state index contributed by atoms with van der Waals surface area (Å²) >= 11 is 11.7. The third-order valence-corrected chi connectivity index (χ3v) is 6.07. The van der Waals surface area contributed by atoms with Gasteiger partial charge in [0.1, 0.15) is 11.5 Å². The first-order valence-electron chi connectivity index (χ1n) is 7.78. The molecule has 1 aliphatic rings. The summed E-state index contributed by atoms with van der Waals surface area (Å²) in [7, 11) is -3.51. The molecule has 0 saturated carbocycles. The predicted octanol–water partition coefficient (Wildman–Crippen LogP) is 3.87. The van der Waals surface area contributed by atoms with Crippen LogP contribution >= 0.6 is 23.2 Å². The number of ketones is 1. The average molecular weight is 425 g/mol. The Bertz CT molecular complexity index is 1020. The number of rotatable bonds is 2. The summed E-state index contributed by atoms with van der Waals surface area (Å²) in [6.07, 6.45) is 2.89. The second-order valence-corrected chi connectivity index (χ2v) is 9.00. The highest BCUT2D eigenvalue weighted by molar-refractivity contribution is 7.92. The molecule has 140 valence electrons. The van der Waals surface area contributed by atoms with Gasteiger partial charge in [-0.3, -0.25) is 4.79 Å². The van der Waals surface area contributed by atoms with Crippen molar-refractivity contribution in [2.24, 2.45) is 0 Å². The van der Waals surface area contributed by atoms with Crippen LogP contribution in [-0.4, -0.2) is 35.9 Å². The molecule has 27 heavy (non-hydrogen) atoms. The fraction of sp³-hybridized carbons (Fsp3) is 0.105. The van der Waals surface area contributed by atoms with Crippen LogP contribution in [-0.2, 0) is 14.6 Å². The largest absolute Gasteiger partial charge is 0.506 e. The van der Waals surface area contributed by atoms with Gasteiger partial charge in [-0.2, -0.15) is 0 Å². The van der Waals surface area contributed by atoms with Crippen molar-refractivity contribution in [2.45, 2.75) is 0 Å². The van der Waals surface area contributed by atoms with Crippen LogP contribution in [0.1, 0.15) is 11.1 Å². The molecule has 0 atom stereocenters. The average Bonchev–Trinajstić information content (AvgIpc) is 2.58. The molecule has 0 spiro atoms. The zero-order chi connectivity index (χ0) is 19.8. The smallest absolute Gasteiger partial charge is 0.187 e. The van der Waals surface area contributed by atoms with E-state index < -0.39 is 15.6 Å². The molecule has 1 heterocycles. The molecule has 0 aromatic heterocycles. The Morgan fingerprint density at radius 2 is 1.22 bits per heavy atom. The van der Waals surface area contributed by atoms with Crippen molar-refractivity contribution in [1.29, 1.82) is 0 Å². The topological polar surface area (TPSA) is 91.7 Å². The Hall–Kier alpha value is -2.28. The van der Waals surface area contributed by atoms with Crippen molar-refractivity contribution in [2.75, 3.05) is 11.5 Å². The Labute approximate surface area is 166 Å². The van der Waals surface area contributed by atoms with Crippen molar-refractivity contribution in [3.8, 4) is 11.5 Å². The van der Waals surface area contributed by atoms with Crippen LogP contribution in [0.5, 0.6) is 11.5 Å². The van der Waals surface area contributed by atoms with Gasteiger partial charge in [0.15, 0.2) is 15.6 Å². The molecule has 2 N–H and O–H groups in total. The molecule has 0 aliphatic carbocycles. The van der Waals surface area contributed by atoms with E-state index in [1.54, 1.807) is 0 Å². The minimum atomic E-state index is -3.51. The Kier molecular flexibility index (Phi) is 5.33. The Balaban J connectivity index is 2.02. The molecule has 1 aliphatic heterocycles. The number of carbonyl (C=O) groups is 1. The summed E-state index contributed by atoms with van der Waals surface area (Å²) in [5.74, 6) is -1.36. The second kappa shape index (κ2) is 7.38. The number of aromatic hydroxyl groups is 2. The third kappa shape index (κ3) is 4.53.